The molecule has 0 fully saturated rings. The topological polar surface area (TPSA) is 95.6 Å². The Morgan fingerprint density at radius 2 is 1.84 bits per heavy atom. The Hall–Kier alpha value is -3.95. The number of aliphatic hydroxyl groups is 1. The van der Waals surface area contributed by atoms with E-state index >= 15 is 0 Å². The van der Waals surface area contributed by atoms with Gasteiger partial charge in [0.25, 0.3) is 0 Å². The number of hydrogen-bond acceptors (Lipinski definition) is 5. The number of fused-ring (bicyclic) bond motifs is 1. The molecule has 37 heavy (non-hydrogen) atoms. The van der Waals surface area contributed by atoms with Gasteiger partial charge in [-0.2, -0.15) is 13.2 Å². The largest absolute Gasteiger partial charge is 0.480 e. The van der Waals surface area contributed by atoms with Crippen LogP contribution in [0.15, 0.2) is 65.3 Å². The van der Waals surface area contributed by atoms with Gasteiger partial charge in [-0.3, -0.25) is 10.1 Å². The van der Waals surface area contributed by atoms with E-state index < -0.39 is 29.9 Å². The standard InChI is InChI=1S/C28H25F3N2O4/c1-17-19(4-3-5-23(17)20-8-10-22-15-33-37-25(22)13-20)7-9-21-12-18(6-11-24(21)28(29,30)31)14-32-27(2,16-34)26(35)36/h3-13,15,32,34H,14,16H2,1-2H3,(H,35,36). The van der Waals surface area contributed by atoms with Crippen molar-refractivity contribution in [2.24, 2.45) is 0 Å². The number of nitrogens with zero attached hydrogens (tertiary/aromatic N) is 1. The summed E-state index contributed by atoms with van der Waals surface area (Å²) >= 11 is 0. The van der Waals surface area contributed by atoms with Crippen molar-refractivity contribution < 1.29 is 32.7 Å². The Morgan fingerprint density at radius 1 is 1.08 bits per heavy atom. The minimum absolute atomic E-state index is 0.0407. The van der Waals surface area contributed by atoms with Crippen LogP contribution in [0.4, 0.5) is 13.2 Å². The Bertz CT molecular complexity index is 1480. The molecule has 4 aromatic rings. The zero-order chi connectivity index (χ0) is 26.8. The summed E-state index contributed by atoms with van der Waals surface area (Å²) in [5.74, 6) is -1.26. The van der Waals surface area contributed by atoms with Crippen molar-refractivity contribution >= 4 is 29.1 Å². The lowest BCUT2D eigenvalue weighted by Gasteiger charge is -2.24. The molecule has 9 heteroatoms. The quantitative estimate of drug-likeness (QED) is 0.255. The average Bonchev–Trinajstić information content (AvgIpc) is 3.34. The maximum Gasteiger partial charge on any atom is 0.416 e. The van der Waals surface area contributed by atoms with Crippen molar-refractivity contribution in [1.29, 1.82) is 0 Å². The lowest BCUT2D eigenvalue weighted by Crippen LogP contribution is -2.52. The Labute approximate surface area is 211 Å². The number of alkyl halides is 3. The van der Waals surface area contributed by atoms with E-state index in [1.807, 2.05) is 43.3 Å². The summed E-state index contributed by atoms with van der Waals surface area (Å²) in [6.07, 6.45) is 0.0812. The molecule has 3 N–H and O–H groups in total. The molecule has 0 radical (unpaired) electrons. The molecular weight excluding hydrogens is 485 g/mol. The molecule has 0 aliphatic heterocycles. The highest BCUT2D eigenvalue weighted by Crippen LogP contribution is 2.34. The molecule has 3 aromatic carbocycles. The van der Waals surface area contributed by atoms with Crippen LogP contribution in [0.1, 0.15) is 34.7 Å². The highest BCUT2D eigenvalue weighted by Gasteiger charge is 2.34. The molecule has 1 atom stereocenters. The fourth-order valence-corrected chi connectivity index (χ4v) is 3.97. The van der Waals surface area contributed by atoms with E-state index in [9.17, 15) is 28.2 Å². The number of halogens is 3. The van der Waals surface area contributed by atoms with Crippen molar-refractivity contribution in [1.82, 2.24) is 10.5 Å². The predicted octanol–water partition coefficient (Wildman–Crippen LogP) is 5.92. The third-order valence-electron chi connectivity index (χ3n) is 6.38. The number of carboxylic acids is 1. The second-order valence-electron chi connectivity index (χ2n) is 9.00. The number of benzene rings is 3. The Balaban J connectivity index is 1.67. The van der Waals surface area contributed by atoms with Gasteiger partial charge in [-0.05, 0) is 71.5 Å². The van der Waals surface area contributed by atoms with Crippen LogP contribution in [-0.2, 0) is 17.5 Å². The van der Waals surface area contributed by atoms with Gasteiger partial charge in [0.05, 0.1) is 18.4 Å². The van der Waals surface area contributed by atoms with Crippen LogP contribution in [0, 0.1) is 6.92 Å². The SMILES string of the molecule is Cc1c(C=Cc2cc(CNC(C)(CO)C(=O)O)ccc2C(F)(F)F)cccc1-c1ccc2cnoc2c1. The van der Waals surface area contributed by atoms with Crippen molar-refractivity contribution in [2.75, 3.05) is 6.61 Å². The summed E-state index contributed by atoms with van der Waals surface area (Å²) in [5.41, 5.74) is 2.02. The summed E-state index contributed by atoms with van der Waals surface area (Å²) in [7, 11) is 0. The van der Waals surface area contributed by atoms with E-state index in [2.05, 4.69) is 10.5 Å². The lowest BCUT2D eigenvalue weighted by atomic mass is 9.95. The fraction of sp³-hybridized carbons (Fsp3) is 0.214. The molecule has 0 aliphatic carbocycles. The number of aliphatic carboxylic acids is 1. The molecule has 0 aliphatic rings. The molecule has 1 unspecified atom stereocenters. The van der Waals surface area contributed by atoms with Gasteiger partial charge in [0, 0.05) is 11.9 Å². The molecule has 0 spiro atoms. The fourth-order valence-electron chi connectivity index (χ4n) is 3.97. The van der Waals surface area contributed by atoms with Gasteiger partial charge in [-0.1, -0.05) is 47.6 Å². The number of rotatable bonds is 8. The second-order valence-corrected chi connectivity index (χ2v) is 9.00. The molecule has 0 bridgehead atoms. The number of hydrogen-bond donors (Lipinski definition) is 3. The number of aliphatic hydroxyl groups excluding tert-OH is 1. The molecule has 192 valence electrons. The van der Waals surface area contributed by atoms with Gasteiger partial charge in [0.15, 0.2) is 5.58 Å². The minimum atomic E-state index is -4.57. The molecule has 6 nitrogen and oxygen atoms in total. The van der Waals surface area contributed by atoms with E-state index in [1.165, 1.54) is 25.1 Å². The zero-order valence-corrected chi connectivity index (χ0v) is 20.1. The smallest absolute Gasteiger partial charge is 0.416 e. The van der Waals surface area contributed by atoms with Gasteiger partial charge in [0.2, 0.25) is 0 Å². The first kappa shape index (κ1) is 26.1. The van der Waals surface area contributed by atoms with Crippen molar-refractivity contribution in [3.63, 3.8) is 0 Å². The number of carbonyl (C=O) groups is 1. The summed E-state index contributed by atoms with van der Waals surface area (Å²) in [5, 5.41) is 26.1. The van der Waals surface area contributed by atoms with Crippen LogP contribution >= 0.6 is 0 Å². The van der Waals surface area contributed by atoms with Crippen molar-refractivity contribution in [3.8, 4) is 11.1 Å². The maximum absolute atomic E-state index is 13.7. The van der Waals surface area contributed by atoms with Crippen LogP contribution in [-0.4, -0.2) is 33.5 Å². The number of nitrogens with one attached hydrogen (secondary N) is 1. The summed E-state index contributed by atoms with van der Waals surface area (Å²) in [6.45, 7) is 2.48. The first-order valence-corrected chi connectivity index (χ1v) is 11.4. The zero-order valence-electron chi connectivity index (χ0n) is 20.1. The van der Waals surface area contributed by atoms with Crippen molar-refractivity contribution in [2.45, 2.75) is 32.1 Å². The van der Waals surface area contributed by atoms with E-state index in [1.54, 1.807) is 12.3 Å². The monoisotopic (exact) mass is 510 g/mol. The summed E-state index contributed by atoms with van der Waals surface area (Å²) < 4.78 is 46.4. The number of aromatic nitrogens is 1. The van der Waals surface area contributed by atoms with E-state index in [4.69, 9.17) is 4.52 Å². The van der Waals surface area contributed by atoms with Crippen LogP contribution in [0.2, 0.25) is 0 Å². The van der Waals surface area contributed by atoms with E-state index in [0.29, 0.717) is 11.1 Å². The number of carboxylic acid groups (broad SMARTS) is 1. The molecule has 1 aromatic heterocycles. The van der Waals surface area contributed by atoms with Crippen LogP contribution in [0.5, 0.6) is 0 Å². The average molecular weight is 511 g/mol. The molecule has 4 rings (SSSR count). The van der Waals surface area contributed by atoms with Gasteiger partial charge in [-0.15, -0.1) is 0 Å². The highest BCUT2D eigenvalue weighted by atomic mass is 19.4. The van der Waals surface area contributed by atoms with Crippen LogP contribution in [0.3, 0.4) is 0 Å². The minimum Gasteiger partial charge on any atom is -0.480 e. The van der Waals surface area contributed by atoms with Gasteiger partial charge >= 0.3 is 12.1 Å². The third kappa shape index (κ3) is 5.58. The Kier molecular flexibility index (Phi) is 7.20. The molecule has 0 amide bonds. The van der Waals surface area contributed by atoms with Crippen molar-refractivity contribution in [3.05, 3.63) is 88.6 Å². The Morgan fingerprint density at radius 3 is 2.54 bits per heavy atom. The molecular formula is C28H25F3N2O4. The van der Waals surface area contributed by atoms with E-state index in [0.717, 1.165) is 33.7 Å². The maximum atomic E-state index is 13.7. The normalized spacial score (nSPS) is 13.8. The highest BCUT2D eigenvalue weighted by molar-refractivity contribution is 5.85. The lowest BCUT2D eigenvalue weighted by molar-refractivity contribution is -0.146. The summed E-state index contributed by atoms with van der Waals surface area (Å²) in [4.78, 5) is 11.4. The van der Waals surface area contributed by atoms with Gasteiger partial charge in [0.1, 0.15) is 5.54 Å². The molecule has 0 saturated carbocycles. The van der Waals surface area contributed by atoms with E-state index in [-0.39, 0.29) is 12.1 Å². The molecule has 0 saturated heterocycles. The predicted molar refractivity (Wildman–Crippen MR) is 135 cm³/mol. The third-order valence-corrected chi connectivity index (χ3v) is 6.38. The van der Waals surface area contributed by atoms with Crippen LogP contribution in [0.25, 0.3) is 34.2 Å². The van der Waals surface area contributed by atoms with Crippen LogP contribution < -0.4 is 5.32 Å². The van der Waals surface area contributed by atoms with Gasteiger partial charge in [-0.25, -0.2) is 0 Å². The van der Waals surface area contributed by atoms with Gasteiger partial charge < -0.3 is 14.7 Å². The molecule has 1 heterocycles. The summed E-state index contributed by atoms with van der Waals surface area (Å²) in [6, 6.07) is 14.9. The second kappa shape index (κ2) is 10.2. The first-order chi connectivity index (χ1) is 17.5. The first-order valence-electron chi connectivity index (χ1n) is 11.4.